The molecule has 1 aliphatic heterocycles. The Morgan fingerprint density at radius 2 is 1.91 bits per heavy atom. The van der Waals surface area contributed by atoms with Crippen LogP contribution in [0.3, 0.4) is 0 Å². The maximum absolute atomic E-state index is 12.8. The molecule has 0 aliphatic carbocycles. The molecule has 8 nitrogen and oxygen atoms in total. The fraction of sp³-hybridized carbons (Fsp3) is 0.240. The summed E-state index contributed by atoms with van der Waals surface area (Å²) < 4.78 is 6.47. The van der Waals surface area contributed by atoms with E-state index in [1.54, 1.807) is 28.6 Å². The zero-order chi connectivity index (χ0) is 23.1. The molecule has 0 unspecified atom stereocenters. The van der Waals surface area contributed by atoms with Gasteiger partial charge in [-0.2, -0.15) is 5.10 Å². The van der Waals surface area contributed by atoms with E-state index < -0.39 is 0 Å². The summed E-state index contributed by atoms with van der Waals surface area (Å²) in [6.07, 6.45) is 3.59. The van der Waals surface area contributed by atoms with Gasteiger partial charge in [-0.3, -0.25) is 19.8 Å². The SMILES string of the molecule is CN(C(=O)CN1CCOCC1)c1cc2[nH]c(-c3n[nH]c4cc(-c5ccncc5)ccc34)cc2s1. The molecule has 0 bridgehead atoms. The van der Waals surface area contributed by atoms with Crippen LogP contribution < -0.4 is 4.90 Å². The van der Waals surface area contributed by atoms with Crippen LogP contribution >= 0.6 is 11.3 Å². The number of pyridine rings is 1. The number of benzene rings is 1. The van der Waals surface area contributed by atoms with Crippen LogP contribution in [0.15, 0.2) is 54.9 Å². The Morgan fingerprint density at radius 1 is 1.09 bits per heavy atom. The number of likely N-dealkylation sites (N-methyl/N-ethyl adjacent to an activating group) is 1. The molecule has 4 aromatic heterocycles. The number of anilines is 1. The van der Waals surface area contributed by atoms with E-state index in [4.69, 9.17) is 4.74 Å². The van der Waals surface area contributed by atoms with E-state index in [1.165, 1.54) is 0 Å². The number of hydrogen-bond donors (Lipinski definition) is 2. The highest BCUT2D eigenvalue weighted by Crippen LogP contribution is 2.37. The predicted molar refractivity (Wildman–Crippen MR) is 135 cm³/mol. The van der Waals surface area contributed by atoms with Crippen LogP contribution in [0.4, 0.5) is 5.00 Å². The quantitative estimate of drug-likeness (QED) is 0.401. The zero-order valence-electron chi connectivity index (χ0n) is 18.7. The minimum atomic E-state index is 0.0920. The largest absolute Gasteiger partial charge is 0.379 e. The maximum atomic E-state index is 12.8. The Bertz CT molecular complexity index is 1430. The van der Waals surface area contributed by atoms with Crippen LogP contribution in [0.1, 0.15) is 0 Å². The lowest BCUT2D eigenvalue weighted by Gasteiger charge is -2.27. The number of H-pyrrole nitrogens is 2. The fourth-order valence-corrected chi connectivity index (χ4v) is 5.37. The second kappa shape index (κ2) is 8.68. The second-order valence-electron chi connectivity index (χ2n) is 8.46. The number of nitrogens with one attached hydrogen (secondary N) is 2. The van der Waals surface area contributed by atoms with Crippen molar-refractivity contribution in [3.8, 4) is 22.5 Å². The summed E-state index contributed by atoms with van der Waals surface area (Å²) in [5.41, 5.74) is 6.07. The third kappa shape index (κ3) is 3.87. The molecular weight excluding hydrogens is 448 g/mol. The number of morpholine rings is 1. The smallest absolute Gasteiger partial charge is 0.241 e. The summed E-state index contributed by atoms with van der Waals surface area (Å²) >= 11 is 1.61. The summed E-state index contributed by atoms with van der Waals surface area (Å²) in [5, 5.41) is 9.74. The molecule has 5 aromatic rings. The number of nitrogens with zero attached hydrogens (tertiary/aromatic N) is 4. The number of ether oxygens (including phenoxy) is 1. The van der Waals surface area contributed by atoms with Crippen LogP contribution in [0, 0.1) is 0 Å². The van der Waals surface area contributed by atoms with Crippen molar-refractivity contribution in [2.45, 2.75) is 0 Å². The molecule has 1 aliphatic rings. The Hall–Kier alpha value is -3.53. The van der Waals surface area contributed by atoms with E-state index in [2.05, 4.69) is 49.3 Å². The lowest BCUT2D eigenvalue weighted by molar-refractivity contribution is -0.120. The van der Waals surface area contributed by atoms with Crippen molar-refractivity contribution < 1.29 is 9.53 Å². The monoisotopic (exact) mass is 472 g/mol. The first-order chi connectivity index (χ1) is 16.7. The van der Waals surface area contributed by atoms with E-state index in [9.17, 15) is 4.79 Å². The molecule has 0 spiro atoms. The van der Waals surface area contributed by atoms with Crippen LogP contribution in [-0.2, 0) is 9.53 Å². The van der Waals surface area contributed by atoms with Crippen molar-refractivity contribution in [1.29, 1.82) is 0 Å². The average molecular weight is 473 g/mol. The Morgan fingerprint density at radius 3 is 2.71 bits per heavy atom. The minimum Gasteiger partial charge on any atom is -0.379 e. The minimum absolute atomic E-state index is 0.0920. The molecule has 1 amide bonds. The van der Waals surface area contributed by atoms with E-state index in [0.717, 1.165) is 61.7 Å². The Kier molecular flexibility index (Phi) is 5.37. The number of fused-ring (bicyclic) bond motifs is 2. The molecule has 6 rings (SSSR count). The van der Waals surface area contributed by atoms with Crippen LogP contribution in [0.5, 0.6) is 0 Å². The van der Waals surface area contributed by atoms with Gasteiger partial charge in [-0.05, 0) is 47.5 Å². The molecule has 2 N–H and O–H groups in total. The number of amides is 1. The van der Waals surface area contributed by atoms with Crippen molar-refractivity contribution in [3.05, 3.63) is 54.9 Å². The summed E-state index contributed by atoms with van der Waals surface area (Å²) in [6.45, 7) is 3.40. The summed E-state index contributed by atoms with van der Waals surface area (Å²) in [4.78, 5) is 24.2. The highest BCUT2D eigenvalue weighted by molar-refractivity contribution is 7.23. The first-order valence-electron chi connectivity index (χ1n) is 11.2. The Balaban J connectivity index is 1.24. The van der Waals surface area contributed by atoms with Gasteiger partial charge in [0.15, 0.2) is 0 Å². The highest BCUT2D eigenvalue weighted by atomic mass is 32.1. The first kappa shape index (κ1) is 21.0. The van der Waals surface area contributed by atoms with Crippen LogP contribution in [0.2, 0.25) is 0 Å². The molecule has 34 heavy (non-hydrogen) atoms. The van der Waals surface area contributed by atoms with Crippen LogP contribution in [0.25, 0.3) is 43.6 Å². The number of rotatable bonds is 5. The number of carbonyl (C=O) groups is 1. The molecule has 9 heteroatoms. The summed E-state index contributed by atoms with van der Waals surface area (Å²) in [6, 6.07) is 14.5. The van der Waals surface area contributed by atoms with E-state index in [0.29, 0.717) is 19.8 Å². The number of carbonyl (C=O) groups excluding carboxylic acids is 1. The van der Waals surface area contributed by atoms with Crippen molar-refractivity contribution in [3.63, 3.8) is 0 Å². The Labute approximate surface area is 200 Å². The van der Waals surface area contributed by atoms with Gasteiger partial charge in [0.25, 0.3) is 0 Å². The van der Waals surface area contributed by atoms with Crippen molar-refractivity contribution in [2.24, 2.45) is 0 Å². The van der Waals surface area contributed by atoms with Gasteiger partial charge < -0.3 is 14.6 Å². The number of aromatic amines is 2. The van der Waals surface area contributed by atoms with Gasteiger partial charge in [0, 0.05) is 37.9 Å². The lowest BCUT2D eigenvalue weighted by atomic mass is 10.0. The van der Waals surface area contributed by atoms with Gasteiger partial charge >= 0.3 is 0 Å². The molecule has 0 radical (unpaired) electrons. The third-order valence-electron chi connectivity index (χ3n) is 6.29. The standard InChI is InChI=1S/C25H24N6O2S/c1-30(23(32)15-31-8-10-33-11-9-31)24-14-20-22(34-24)13-21(27-20)25-18-3-2-17(12-19(18)28-29-25)16-4-6-26-7-5-16/h2-7,12-14,27H,8-11,15H2,1H3,(H,28,29). The van der Waals surface area contributed by atoms with Gasteiger partial charge in [-0.1, -0.05) is 6.07 Å². The lowest BCUT2D eigenvalue weighted by Crippen LogP contribution is -2.43. The van der Waals surface area contributed by atoms with Gasteiger partial charge in [0.1, 0.15) is 10.7 Å². The van der Waals surface area contributed by atoms with Gasteiger partial charge in [-0.25, -0.2) is 0 Å². The molecule has 1 fully saturated rings. The third-order valence-corrected chi connectivity index (χ3v) is 7.45. The van der Waals surface area contributed by atoms with Gasteiger partial charge in [-0.15, -0.1) is 11.3 Å². The van der Waals surface area contributed by atoms with Gasteiger partial charge in [0.2, 0.25) is 5.91 Å². The molecule has 172 valence electrons. The van der Waals surface area contributed by atoms with Crippen molar-refractivity contribution >= 4 is 43.4 Å². The molecule has 5 heterocycles. The number of aromatic nitrogens is 4. The van der Waals surface area contributed by atoms with Crippen molar-refractivity contribution in [2.75, 3.05) is 44.8 Å². The summed E-state index contributed by atoms with van der Waals surface area (Å²) in [7, 11) is 1.84. The van der Waals surface area contributed by atoms with Gasteiger partial charge in [0.05, 0.1) is 41.2 Å². The predicted octanol–water partition coefficient (Wildman–Crippen LogP) is 4.13. The number of thiophene rings is 1. The van der Waals surface area contributed by atoms with E-state index in [1.807, 2.05) is 25.2 Å². The number of hydrogen-bond acceptors (Lipinski definition) is 6. The molecule has 0 saturated carbocycles. The van der Waals surface area contributed by atoms with E-state index in [-0.39, 0.29) is 5.91 Å². The first-order valence-corrected chi connectivity index (χ1v) is 12.1. The average Bonchev–Trinajstić information content (AvgIpc) is 3.57. The topological polar surface area (TPSA) is 90.1 Å². The molecular formula is C25H24N6O2S. The fourth-order valence-electron chi connectivity index (χ4n) is 4.33. The molecule has 0 atom stereocenters. The maximum Gasteiger partial charge on any atom is 0.241 e. The van der Waals surface area contributed by atoms with Crippen LogP contribution in [-0.4, -0.2) is 70.9 Å². The molecule has 1 aromatic carbocycles. The molecule has 1 saturated heterocycles. The highest BCUT2D eigenvalue weighted by Gasteiger charge is 2.20. The summed E-state index contributed by atoms with van der Waals surface area (Å²) in [5.74, 6) is 0.0920. The van der Waals surface area contributed by atoms with Crippen molar-refractivity contribution in [1.82, 2.24) is 25.1 Å². The van der Waals surface area contributed by atoms with E-state index >= 15 is 0 Å². The zero-order valence-corrected chi connectivity index (χ0v) is 19.6. The second-order valence-corrected chi connectivity index (χ2v) is 9.52. The normalized spacial score (nSPS) is 14.7.